The maximum atomic E-state index is 13.6. The summed E-state index contributed by atoms with van der Waals surface area (Å²) in [6, 6.07) is 0.833. The van der Waals surface area contributed by atoms with Crippen LogP contribution in [0, 0.1) is 11.6 Å². The number of hydrogen-bond acceptors (Lipinski definition) is 5. The van der Waals surface area contributed by atoms with E-state index >= 15 is 0 Å². The van der Waals surface area contributed by atoms with Crippen molar-refractivity contribution in [1.82, 2.24) is 9.97 Å². The van der Waals surface area contributed by atoms with Crippen LogP contribution in [0.4, 0.5) is 20.4 Å². The summed E-state index contributed by atoms with van der Waals surface area (Å²) >= 11 is 1.46. The van der Waals surface area contributed by atoms with Crippen LogP contribution in [0.15, 0.2) is 17.8 Å². The summed E-state index contributed by atoms with van der Waals surface area (Å²) in [6.07, 6.45) is 2.53. The Kier molecular flexibility index (Phi) is 4.62. The number of halogens is 2. The summed E-state index contributed by atoms with van der Waals surface area (Å²) in [6.45, 7) is 2.95. The van der Waals surface area contributed by atoms with Gasteiger partial charge in [-0.1, -0.05) is 6.92 Å². The fourth-order valence-electron chi connectivity index (χ4n) is 1.46. The highest BCUT2D eigenvalue weighted by Crippen LogP contribution is 2.20. The second kappa shape index (κ2) is 6.42. The molecule has 0 spiro atoms. The van der Waals surface area contributed by atoms with Gasteiger partial charge in [-0.2, -0.15) is 0 Å². The predicted octanol–water partition coefficient (Wildman–Crippen LogP) is 3.25. The third kappa shape index (κ3) is 3.60. The molecule has 0 aromatic carbocycles. The molecule has 0 aliphatic heterocycles. The minimum absolute atomic E-state index is 0.0356. The van der Waals surface area contributed by atoms with Crippen LogP contribution in [-0.2, 0) is 6.54 Å². The summed E-state index contributed by atoms with van der Waals surface area (Å²) in [5, 5.41) is 5.66. The molecule has 4 nitrogen and oxygen atoms in total. The number of aromatic nitrogens is 2. The minimum atomic E-state index is -0.705. The van der Waals surface area contributed by atoms with E-state index in [1.807, 2.05) is 6.92 Å². The third-order valence-corrected chi connectivity index (χ3v) is 3.17. The van der Waals surface area contributed by atoms with E-state index in [9.17, 15) is 8.78 Å². The van der Waals surface area contributed by atoms with Crippen molar-refractivity contribution in [1.29, 1.82) is 0 Å². The van der Waals surface area contributed by atoms with Gasteiger partial charge in [-0.15, -0.1) is 11.3 Å². The maximum Gasteiger partial charge on any atom is 0.168 e. The van der Waals surface area contributed by atoms with Crippen molar-refractivity contribution in [3.05, 3.63) is 34.3 Å². The van der Waals surface area contributed by atoms with Gasteiger partial charge in [0.2, 0.25) is 0 Å². The maximum absolute atomic E-state index is 13.6. The number of rotatable bonds is 6. The molecule has 102 valence electrons. The largest absolute Gasteiger partial charge is 0.368 e. The lowest BCUT2D eigenvalue weighted by Crippen LogP contribution is -2.09. The highest BCUT2D eigenvalue weighted by molar-refractivity contribution is 7.09. The first-order chi connectivity index (χ1) is 9.20. The van der Waals surface area contributed by atoms with Gasteiger partial charge in [-0.3, -0.25) is 4.98 Å². The first kappa shape index (κ1) is 13.7. The fourth-order valence-corrected chi connectivity index (χ4v) is 1.99. The molecule has 0 unspecified atom stereocenters. The Morgan fingerprint density at radius 2 is 1.95 bits per heavy atom. The van der Waals surface area contributed by atoms with Crippen molar-refractivity contribution in [2.45, 2.75) is 19.9 Å². The third-order valence-electron chi connectivity index (χ3n) is 2.39. The molecule has 0 fully saturated rings. The molecule has 0 aliphatic carbocycles. The van der Waals surface area contributed by atoms with Crippen molar-refractivity contribution in [3.8, 4) is 0 Å². The van der Waals surface area contributed by atoms with Crippen LogP contribution >= 0.6 is 11.3 Å². The molecule has 0 aliphatic rings. The van der Waals surface area contributed by atoms with Crippen molar-refractivity contribution < 1.29 is 8.78 Å². The average Bonchev–Trinajstić information content (AvgIpc) is 2.90. The van der Waals surface area contributed by atoms with Gasteiger partial charge >= 0.3 is 0 Å². The molecule has 0 bridgehead atoms. The summed E-state index contributed by atoms with van der Waals surface area (Å²) in [5.41, 5.74) is 1.69. The van der Waals surface area contributed by atoms with E-state index in [1.54, 1.807) is 11.7 Å². The minimum Gasteiger partial charge on any atom is -0.368 e. The Morgan fingerprint density at radius 3 is 2.58 bits per heavy atom. The molecule has 2 heterocycles. The molecule has 2 N–H and O–H groups in total. The van der Waals surface area contributed by atoms with Crippen LogP contribution in [0.1, 0.15) is 18.2 Å². The van der Waals surface area contributed by atoms with Gasteiger partial charge in [0.05, 0.1) is 12.1 Å². The molecule has 0 amide bonds. The van der Waals surface area contributed by atoms with Crippen LogP contribution in [0.3, 0.4) is 0 Å². The van der Waals surface area contributed by atoms with Crippen LogP contribution in [0.2, 0.25) is 0 Å². The Morgan fingerprint density at radius 1 is 1.21 bits per heavy atom. The summed E-state index contributed by atoms with van der Waals surface area (Å²) < 4.78 is 27.0. The number of nitrogens with zero attached hydrogens (tertiary/aromatic N) is 2. The van der Waals surface area contributed by atoms with Crippen LogP contribution < -0.4 is 10.6 Å². The molecule has 2 aromatic heterocycles. The molecule has 7 heteroatoms. The van der Waals surface area contributed by atoms with E-state index in [4.69, 9.17) is 0 Å². The Bertz CT molecular complexity index is 531. The van der Waals surface area contributed by atoms with Crippen molar-refractivity contribution in [2.75, 3.05) is 17.2 Å². The molecular formula is C12H14F2N4S. The zero-order chi connectivity index (χ0) is 13.7. The van der Waals surface area contributed by atoms with Gasteiger partial charge in [-0.25, -0.2) is 13.8 Å². The normalized spacial score (nSPS) is 10.5. The zero-order valence-electron chi connectivity index (χ0n) is 10.4. The Hall–Kier alpha value is -1.76. The van der Waals surface area contributed by atoms with Crippen LogP contribution in [0.25, 0.3) is 0 Å². The van der Waals surface area contributed by atoms with E-state index in [1.165, 1.54) is 11.3 Å². The molecule has 0 saturated heterocycles. The van der Waals surface area contributed by atoms with Crippen LogP contribution in [-0.4, -0.2) is 16.5 Å². The Labute approximate surface area is 113 Å². The van der Waals surface area contributed by atoms with Gasteiger partial charge in [-0.05, 0) is 6.42 Å². The molecule has 0 atom stereocenters. The number of nitrogens with one attached hydrogen (secondary N) is 2. The zero-order valence-corrected chi connectivity index (χ0v) is 11.2. The van der Waals surface area contributed by atoms with Gasteiger partial charge in [0.1, 0.15) is 0 Å². The lowest BCUT2D eigenvalue weighted by Gasteiger charge is -2.10. The van der Waals surface area contributed by atoms with Gasteiger partial charge in [0, 0.05) is 23.7 Å². The summed E-state index contributed by atoms with van der Waals surface area (Å²) in [4.78, 5) is 8.79. The van der Waals surface area contributed by atoms with Crippen molar-refractivity contribution in [3.63, 3.8) is 0 Å². The fraction of sp³-hybridized carbons (Fsp3) is 0.333. The monoisotopic (exact) mass is 284 g/mol. The summed E-state index contributed by atoms with van der Waals surface area (Å²) in [7, 11) is 0. The molecular weight excluding hydrogens is 270 g/mol. The van der Waals surface area contributed by atoms with Crippen LogP contribution in [0.5, 0.6) is 0 Å². The predicted molar refractivity (Wildman–Crippen MR) is 72.4 cm³/mol. The van der Waals surface area contributed by atoms with Crippen molar-refractivity contribution >= 4 is 23.0 Å². The average molecular weight is 284 g/mol. The number of pyridine rings is 1. The van der Waals surface area contributed by atoms with E-state index in [-0.39, 0.29) is 11.6 Å². The quantitative estimate of drug-likeness (QED) is 0.855. The second-order valence-electron chi connectivity index (χ2n) is 3.90. The van der Waals surface area contributed by atoms with Crippen molar-refractivity contribution in [2.24, 2.45) is 0 Å². The molecule has 19 heavy (non-hydrogen) atoms. The number of thiazole rings is 1. The van der Waals surface area contributed by atoms with Gasteiger partial charge in [0.15, 0.2) is 23.3 Å². The van der Waals surface area contributed by atoms with E-state index in [2.05, 4.69) is 20.6 Å². The standard InChI is InChI=1S/C12H14F2N4S/c1-2-3-16-11-9(13)4-10(14)12(18-11)17-6-8-5-15-7-19-8/h4-5,7H,2-3,6H2,1H3,(H2,16,17,18). The molecule has 2 aromatic rings. The number of hydrogen-bond donors (Lipinski definition) is 2. The molecule has 2 rings (SSSR count). The smallest absolute Gasteiger partial charge is 0.168 e. The molecule has 0 radical (unpaired) electrons. The van der Waals surface area contributed by atoms with Gasteiger partial charge < -0.3 is 10.6 Å². The van der Waals surface area contributed by atoms with Gasteiger partial charge in [0.25, 0.3) is 0 Å². The Balaban J connectivity index is 2.10. The summed E-state index contributed by atoms with van der Waals surface area (Å²) in [5.74, 6) is -1.29. The first-order valence-electron chi connectivity index (χ1n) is 5.92. The number of anilines is 2. The molecule has 0 saturated carbocycles. The highest BCUT2D eigenvalue weighted by Gasteiger charge is 2.11. The van der Waals surface area contributed by atoms with E-state index in [0.29, 0.717) is 13.1 Å². The topological polar surface area (TPSA) is 49.8 Å². The second-order valence-corrected chi connectivity index (χ2v) is 4.87. The van der Waals surface area contributed by atoms with E-state index < -0.39 is 11.6 Å². The SMILES string of the molecule is CCCNc1nc(NCc2cncs2)c(F)cc1F. The van der Waals surface area contributed by atoms with E-state index in [0.717, 1.165) is 17.4 Å². The highest BCUT2D eigenvalue weighted by atomic mass is 32.1. The lowest BCUT2D eigenvalue weighted by molar-refractivity contribution is 0.578. The lowest BCUT2D eigenvalue weighted by atomic mass is 10.3. The first-order valence-corrected chi connectivity index (χ1v) is 6.79.